The molecule has 1 atom stereocenters. The summed E-state index contributed by atoms with van der Waals surface area (Å²) in [6.07, 6.45) is 1.54. The van der Waals surface area contributed by atoms with Crippen LogP contribution in [-0.4, -0.2) is 52.6 Å². The summed E-state index contributed by atoms with van der Waals surface area (Å²) in [5, 5.41) is 12.0. The lowest BCUT2D eigenvalue weighted by atomic mass is 10.2. The number of anilines is 1. The Labute approximate surface area is 121 Å². The molecule has 1 amide bonds. The lowest BCUT2D eigenvalue weighted by Gasteiger charge is -2.34. The van der Waals surface area contributed by atoms with Crippen molar-refractivity contribution in [1.82, 2.24) is 10.3 Å². The third-order valence-corrected chi connectivity index (χ3v) is 4.08. The second kappa shape index (κ2) is 6.60. The molecule has 1 aromatic rings. The van der Waals surface area contributed by atoms with Crippen LogP contribution in [0.25, 0.3) is 0 Å². The van der Waals surface area contributed by atoms with E-state index in [1.807, 2.05) is 11.8 Å². The highest BCUT2D eigenvalue weighted by Gasteiger charge is 2.29. The molecule has 108 valence electrons. The summed E-state index contributed by atoms with van der Waals surface area (Å²) in [5.74, 6) is 0.345. The van der Waals surface area contributed by atoms with Crippen molar-refractivity contribution >= 4 is 29.3 Å². The number of thioether (sulfide) groups is 1. The average Bonchev–Trinajstić information content (AvgIpc) is 2.47. The van der Waals surface area contributed by atoms with Gasteiger partial charge in [0.1, 0.15) is 11.7 Å². The maximum absolute atomic E-state index is 11.8. The summed E-state index contributed by atoms with van der Waals surface area (Å²) >= 11 is 1.63. The van der Waals surface area contributed by atoms with Crippen LogP contribution in [-0.2, 0) is 4.79 Å². The van der Waals surface area contributed by atoms with Crippen molar-refractivity contribution in [3.63, 3.8) is 0 Å². The number of rotatable bonds is 4. The lowest BCUT2D eigenvalue weighted by Crippen LogP contribution is -2.47. The van der Waals surface area contributed by atoms with Crippen molar-refractivity contribution in [3.8, 4) is 0 Å². The summed E-state index contributed by atoms with van der Waals surface area (Å²) in [6, 6.07) is 2.84. The van der Waals surface area contributed by atoms with E-state index in [0.717, 1.165) is 11.4 Å². The highest BCUT2D eigenvalue weighted by molar-refractivity contribution is 7.99. The maximum Gasteiger partial charge on any atom is 0.327 e. The van der Waals surface area contributed by atoms with E-state index in [-0.39, 0.29) is 5.91 Å². The second-order valence-corrected chi connectivity index (χ2v) is 5.53. The fourth-order valence-electron chi connectivity index (χ4n) is 2.09. The van der Waals surface area contributed by atoms with E-state index in [1.54, 1.807) is 30.1 Å². The zero-order chi connectivity index (χ0) is 14.5. The smallest absolute Gasteiger partial charge is 0.327 e. The molecule has 20 heavy (non-hydrogen) atoms. The topological polar surface area (TPSA) is 82.5 Å². The van der Waals surface area contributed by atoms with Crippen LogP contribution in [0.5, 0.6) is 0 Å². The Balaban J connectivity index is 2.24. The number of hydrogen-bond acceptors (Lipinski definition) is 5. The summed E-state index contributed by atoms with van der Waals surface area (Å²) in [7, 11) is 0. The van der Waals surface area contributed by atoms with Crippen LogP contribution < -0.4 is 10.2 Å². The van der Waals surface area contributed by atoms with E-state index in [4.69, 9.17) is 0 Å². The first-order valence-electron chi connectivity index (χ1n) is 6.45. The highest BCUT2D eigenvalue weighted by atomic mass is 32.2. The minimum absolute atomic E-state index is 0.243. The van der Waals surface area contributed by atoms with Gasteiger partial charge in [-0.25, -0.2) is 4.79 Å². The van der Waals surface area contributed by atoms with Crippen LogP contribution >= 0.6 is 11.8 Å². The SMILES string of the molecule is CCNC(=O)c1cc(N2CCSCC2C(=O)O)ccn1. The number of aromatic nitrogens is 1. The van der Waals surface area contributed by atoms with E-state index >= 15 is 0 Å². The molecule has 1 saturated heterocycles. The molecule has 2 N–H and O–H groups in total. The van der Waals surface area contributed by atoms with Gasteiger partial charge in [0, 0.05) is 36.5 Å². The summed E-state index contributed by atoms with van der Waals surface area (Å²) in [6.45, 7) is 3.02. The van der Waals surface area contributed by atoms with E-state index in [0.29, 0.717) is 24.5 Å². The number of carbonyl (C=O) groups is 2. The van der Waals surface area contributed by atoms with E-state index < -0.39 is 12.0 Å². The van der Waals surface area contributed by atoms with Crippen molar-refractivity contribution in [3.05, 3.63) is 24.0 Å². The second-order valence-electron chi connectivity index (χ2n) is 4.38. The van der Waals surface area contributed by atoms with Gasteiger partial charge in [-0.15, -0.1) is 0 Å². The van der Waals surface area contributed by atoms with Crippen LogP contribution in [0.2, 0.25) is 0 Å². The Bertz CT molecular complexity index is 509. The quantitative estimate of drug-likeness (QED) is 0.856. The van der Waals surface area contributed by atoms with Crippen molar-refractivity contribution in [2.45, 2.75) is 13.0 Å². The molecule has 1 aliphatic heterocycles. The zero-order valence-corrected chi connectivity index (χ0v) is 12.0. The molecule has 1 aromatic heterocycles. The number of pyridine rings is 1. The first-order chi connectivity index (χ1) is 9.63. The number of nitrogens with one attached hydrogen (secondary N) is 1. The number of carboxylic acid groups (broad SMARTS) is 1. The van der Waals surface area contributed by atoms with Gasteiger partial charge in [0.05, 0.1) is 0 Å². The molecule has 6 nitrogen and oxygen atoms in total. The number of carboxylic acids is 1. The predicted octanol–water partition coefficient (Wildman–Crippen LogP) is 0.838. The molecular weight excluding hydrogens is 278 g/mol. The minimum Gasteiger partial charge on any atom is -0.480 e. The molecule has 2 heterocycles. The van der Waals surface area contributed by atoms with Gasteiger partial charge in [-0.3, -0.25) is 9.78 Å². The van der Waals surface area contributed by atoms with Crippen LogP contribution in [0, 0.1) is 0 Å². The molecule has 0 aromatic carbocycles. The fraction of sp³-hybridized carbons (Fsp3) is 0.462. The normalized spacial score (nSPS) is 18.6. The number of aliphatic carboxylic acids is 1. The van der Waals surface area contributed by atoms with Gasteiger partial charge < -0.3 is 15.3 Å². The standard InChI is InChI=1S/C13H17N3O3S/c1-2-14-12(17)10-7-9(3-4-15-10)16-5-6-20-8-11(16)13(18)19/h3-4,7,11H,2,5-6,8H2,1H3,(H,14,17)(H,18,19). The molecule has 1 aliphatic rings. The van der Waals surface area contributed by atoms with Gasteiger partial charge in [0.2, 0.25) is 0 Å². The van der Waals surface area contributed by atoms with Crippen LogP contribution in [0.3, 0.4) is 0 Å². The minimum atomic E-state index is -0.839. The van der Waals surface area contributed by atoms with E-state index in [2.05, 4.69) is 10.3 Å². The Morgan fingerprint density at radius 1 is 1.60 bits per heavy atom. The molecule has 0 bridgehead atoms. The first-order valence-corrected chi connectivity index (χ1v) is 7.60. The molecule has 1 unspecified atom stereocenters. The van der Waals surface area contributed by atoms with E-state index in [9.17, 15) is 14.7 Å². The van der Waals surface area contributed by atoms with Crippen molar-refractivity contribution in [1.29, 1.82) is 0 Å². The summed E-state index contributed by atoms with van der Waals surface area (Å²) < 4.78 is 0. The van der Waals surface area contributed by atoms with Crippen molar-refractivity contribution in [2.75, 3.05) is 29.5 Å². The van der Waals surface area contributed by atoms with Crippen LogP contribution in [0.4, 0.5) is 5.69 Å². The largest absolute Gasteiger partial charge is 0.480 e. The Hall–Kier alpha value is -1.76. The lowest BCUT2D eigenvalue weighted by molar-refractivity contribution is -0.138. The van der Waals surface area contributed by atoms with Crippen molar-refractivity contribution in [2.24, 2.45) is 0 Å². The average molecular weight is 295 g/mol. The van der Waals surface area contributed by atoms with Gasteiger partial charge >= 0.3 is 5.97 Å². The third-order valence-electron chi connectivity index (χ3n) is 3.06. The number of carbonyl (C=O) groups excluding carboxylic acids is 1. The van der Waals surface area contributed by atoms with Crippen molar-refractivity contribution < 1.29 is 14.7 Å². The Kier molecular flexibility index (Phi) is 4.84. The number of nitrogens with zero attached hydrogens (tertiary/aromatic N) is 2. The highest BCUT2D eigenvalue weighted by Crippen LogP contribution is 2.24. The first kappa shape index (κ1) is 14.6. The summed E-state index contributed by atoms with van der Waals surface area (Å²) in [5.41, 5.74) is 1.04. The molecule has 0 spiro atoms. The monoisotopic (exact) mass is 295 g/mol. The predicted molar refractivity (Wildman–Crippen MR) is 78.3 cm³/mol. The molecule has 1 fully saturated rings. The molecule has 0 aliphatic carbocycles. The zero-order valence-electron chi connectivity index (χ0n) is 11.2. The van der Waals surface area contributed by atoms with Crippen LogP contribution in [0.15, 0.2) is 18.3 Å². The molecular formula is C13H17N3O3S. The van der Waals surface area contributed by atoms with Gasteiger partial charge in [-0.2, -0.15) is 11.8 Å². The number of amides is 1. The van der Waals surface area contributed by atoms with Gasteiger partial charge in [0.25, 0.3) is 5.91 Å². The van der Waals surface area contributed by atoms with Crippen LogP contribution in [0.1, 0.15) is 17.4 Å². The summed E-state index contributed by atoms with van der Waals surface area (Å²) in [4.78, 5) is 28.9. The van der Waals surface area contributed by atoms with Gasteiger partial charge in [-0.05, 0) is 19.1 Å². The third kappa shape index (κ3) is 3.22. The van der Waals surface area contributed by atoms with E-state index in [1.165, 1.54) is 0 Å². The number of hydrogen-bond donors (Lipinski definition) is 2. The molecule has 0 radical (unpaired) electrons. The molecule has 0 saturated carbocycles. The fourth-order valence-corrected chi connectivity index (χ4v) is 3.13. The van der Waals surface area contributed by atoms with Gasteiger partial charge in [-0.1, -0.05) is 0 Å². The Morgan fingerprint density at radius 3 is 3.10 bits per heavy atom. The molecule has 2 rings (SSSR count). The molecule has 7 heteroatoms. The Morgan fingerprint density at radius 2 is 2.40 bits per heavy atom. The maximum atomic E-state index is 11.8. The van der Waals surface area contributed by atoms with Gasteiger partial charge in [0.15, 0.2) is 0 Å².